The SMILES string of the molecule is O=[C]N[C@@H]1C[C@H]1C(F)(F)F. The molecule has 5 heteroatoms. The van der Waals surface area contributed by atoms with Crippen LogP contribution >= 0.6 is 0 Å². The van der Waals surface area contributed by atoms with Crippen LogP contribution in [0, 0.1) is 5.92 Å². The van der Waals surface area contributed by atoms with Crippen LogP contribution in [0.5, 0.6) is 0 Å². The van der Waals surface area contributed by atoms with Gasteiger partial charge in [0.1, 0.15) is 0 Å². The average molecular weight is 152 g/mol. The predicted molar refractivity (Wildman–Crippen MR) is 26.8 cm³/mol. The van der Waals surface area contributed by atoms with Crippen molar-refractivity contribution in [3.05, 3.63) is 0 Å². The first-order chi connectivity index (χ1) is 4.55. The Bertz CT molecular complexity index is 144. The van der Waals surface area contributed by atoms with E-state index in [0.29, 0.717) is 0 Å². The molecule has 2 atom stereocenters. The minimum Gasteiger partial charge on any atom is -0.344 e. The largest absolute Gasteiger partial charge is 0.393 e. The molecule has 0 aromatic rings. The maximum absolute atomic E-state index is 11.6. The van der Waals surface area contributed by atoms with Crippen molar-refractivity contribution in [3.63, 3.8) is 0 Å². The smallest absolute Gasteiger partial charge is 0.344 e. The summed E-state index contributed by atoms with van der Waals surface area (Å²) in [7, 11) is 0. The third-order valence-electron chi connectivity index (χ3n) is 1.46. The number of hydrogen-bond donors (Lipinski definition) is 1. The molecule has 0 bridgehead atoms. The van der Waals surface area contributed by atoms with Crippen molar-refractivity contribution in [2.45, 2.75) is 18.6 Å². The topological polar surface area (TPSA) is 29.1 Å². The molecule has 1 aliphatic rings. The van der Waals surface area contributed by atoms with Crippen LogP contribution in [0.2, 0.25) is 0 Å². The van der Waals surface area contributed by atoms with E-state index >= 15 is 0 Å². The number of carbonyl (C=O) groups excluding carboxylic acids is 1. The Morgan fingerprint density at radius 3 is 2.40 bits per heavy atom. The first-order valence-electron chi connectivity index (χ1n) is 2.75. The van der Waals surface area contributed by atoms with Crippen molar-refractivity contribution in [3.8, 4) is 0 Å². The summed E-state index contributed by atoms with van der Waals surface area (Å²) >= 11 is 0. The number of nitrogens with one attached hydrogen (secondary N) is 1. The summed E-state index contributed by atoms with van der Waals surface area (Å²) in [5, 5.41) is 1.95. The Morgan fingerprint density at radius 2 is 2.10 bits per heavy atom. The van der Waals surface area contributed by atoms with Crippen LogP contribution in [0.1, 0.15) is 6.42 Å². The van der Waals surface area contributed by atoms with E-state index in [4.69, 9.17) is 0 Å². The molecule has 0 aromatic heterocycles. The molecule has 1 N–H and O–H groups in total. The molecule has 1 saturated carbocycles. The van der Waals surface area contributed by atoms with Gasteiger partial charge in [-0.15, -0.1) is 0 Å². The molecule has 1 rings (SSSR count). The van der Waals surface area contributed by atoms with Crippen LogP contribution in [-0.2, 0) is 4.79 Å². The van der Waals surface area contributed by atoms with Gasteiger partial charge in [0, 0.05) is 6.04 Å². The first-order valence-corrected chi connectivity index (χ1v) is 2.75. The van der Waals surface area contributed by atoms with Gasteiger partial charge in [0.2, 0.25) is 0 Å². The Morgan fingerprint density at radius 1 is 1.50 bits per heavy atom. The van der Waals surface area contributed by atoms with Gasteiger partial charge in [-0.25, -0.2) is 0 Å². The number of alkyl halides is 3. The van der Waals surface area contributed by atoms with Crippen molar-refractivity contribution in [2.24, 2.45) is 5.92 Å². The summed E-state index contributed by atoms with van der Waals surface area (Å²) < 4.78 is 34.9. The zero-order valence-electron chi connectivity index (χ0n) is 4.90. The summed E-state index contributed by atoms with van der Waals surface area (Å²) in [5.41, 5.74) is 0. The molecule has 0 spiro atoms. The van der Waals surface area contributed by atoms with E-state index in [1.54, 1.807) is 0 Å². The first kappa shape index (κ1) is 7.37. The summed E-state index contributed by atoms with van der Waals surface area (Å²) in [6.07, 6.45) is -2.93. The summed E-state index contributed by atoms with van der Waals surface area (Å²) in [6, 6.07) is -0.725. The molecule has 0 heterocycles. The van der Waals surface area contributed by atoms with Gasteiger partial charge in [0.05, 0.1) is 5.92 Å². The predicted octanol–water partition coefficient (Wildman–Crippen LogP) is 0.594. The molecule has 1 fully saturated rings. The summed E-state index contributed by atoms with van der Waals surface area (Å²) in [5.74, 6) is -1.34. The quantitative estimate of drug-likeness (QED) is 0.576. The molecule has 0 aliphatic heterocycles. The van der Waals surface area contributed by atoms with Crippen molar-refractivity contribution < 1.29 is 18.0 Å². The van der Waals surface area contributed by atoms with Crippen molar-refractivity contribution in [2.75, 3.05) is 0 Å². The summed E-state index contributed by atoms with van der Waals surface area (Å²) in [4.78, 5) is 9.52. The van der Waals surface area contributed by atoms with Crippen LogP contribution in [-0.4, -0.2) is 18.6 Å². The van der Waals surface area contributed by atoms with Crippen LogP contribution in [0.15, 0.2) is 0 Å². The lowest BCUT2D eigenvalue weighted by atomic mass is 10.4. The highest BCUT2D eigenvalue weighted by atomic mass is 19.4. The van der Waals surface area contributed by atoms with Crippen molar-refractivity contribution in [1.82, 2.24) is 5.32 Å². The van der Waals surface area contributed by atoms with Gasteiger partial charge in [-0.1, -0.05) is 0 Å². The zero-order valence-corrected chi connectivity index (χ0v) is 4.90. The van der Waals surface area contributed by atoms with Crippen LogP contribution in [0.25, 0.3) is 0 Å². The molecule has 1 amide bonds. The molecule has 2 nitrogen and oxygen atoms in total. The van der Waals surface area contributed by atoms with Crippen LogP contribution < -0.4 is 5.32 Å². The second-order valence-electron chi connectivity index (χ2n) is 2.24. The zero-order chi connectivity index (χ0) is 7.78. The minimum absolute atomic E-state index is 0.00125. The fraction of sp³-hybridized carbons (Fsp3) is 0.800. The van der Waals surface area contributed by atoms with Gasteiger partial charge in [0.15, 0.2) is 0 Å². The van der Waals surface area contributed by atoms with Crippen molar-refractivity contribution in [1.29, 1.82) is 0 Å². The van der Waals surface area contributed by atoms with E-state index in [1.165, 1.54) is 6.41 Å². The Labute approximate surface area is 55.4 Å². The monoisotopic (exact) mass is 152 g/mol. The fourth-order valence-electron chi connectivity index (χ4n) is 0.792. The van der Waals surface area contributed by atoms with Crippen molar-refractivity contribution >= 4 is 6.41 Å². The Hall–Kier alpha value is -0.740. The van der Waals surface area contributed by atoms with Crippen LogP contribution in [0.3, 0.4) is 0 Å². The number of amides is 1. The maximum Gasteiger partial charge on any atom is 0.393 e. The Kier molecular flexibility index (Phi) is 1.58. The molecule has 0 unspecified atom stereocenters. The molecule has 1 aliphatic carbocycles. The van der Waals surface area contributed by atoms with Gasteiger partial charge < -0.3 is 5.32 Å². The van der Waals surface area contributed by atoms with Crippen LogP contribution in [0.4, 0.5) is 13.2 Å². The lowest BCUT2D eigenvalue weighted by Crippen LogP contribution is -2.22. The molecule has 57 valence electrons. The van der Waals surface area contributed by atoms with E-state index in [0.717, 1.165) is 0 Å². The second-order valence-corrected chi connectivity index (χ2v) is 2.24. The third kappa shape index (κ3) is 1.40. The summed E-state index contributed by atoms with van der Waals surface area (Å²) in [6.45, 7) is 0. The molecular weight excluding hydrogens is 147 g/mol. The van der Waals surface area contributed by atoms with Gasteiger partial charge >= 0.3 is 12.6 Å². The highest BCUT2D eigenvalue weighted by Gasteiger charge is 2.55. The van der Waals surface area contributed by atoms with E-state index in [1.807, 2.05) is 5.32 Å². The fourth-order valence-corrected chi connectivity index (χ4v) is 0.792. The Balaban J connectivity index is 2.31. The van der Waals surface area contributed by atoms with E-state index < -0.39 is 18.1 Å². The lowest BCUT2D eigenvalue weighted by Gasteiger charge is -2.02. The highest BCUT2D eigenvalue weighted by molar-refractivity contribution is 5.48. The number of hydrogen-bond acceptors (Lipinski definition) is 1. The molecule has 0 aromatic carbocycles. The molecule has 1 radical (unpaired) electrons. The third-order valence-corrected chi connectivity index (χ3v) is 1.46. The van der Waals surface area contributed by atoms with E-state index in [2.05, 4.69) is 0 Å². The maximum atomic E-state index is 11.6. The van der Waals surface area contributed by atoms with E-state index in [9.17, 15) is 18.0 Å². The second kappa shape index (κ2) is 2.14. The van der Waals surface area contributed by atoms with Gasteiger partial charge in [0.25, 0.3) is 0 Å². The molecule has 0 saturated heterocycles. The van der Waals surface area contributed by atoms with Gasteiger partial charge in [-0.2, -0.15) is 13.2 Å². The average Bonchev–Trinajstić information content (AvgIpc) is 2.44. The number of halogens is 3. The molecular formula is C5H5F3NO. The van der Waals surface area contributed by atoms with E-state index in [-0.39, 0.29) is 6.42 Å². The van der Waals surface area contributed by atoms with Gasteiger partial charge in [-0.3, -0.25) is 4.79 Å². The minimum atomic E-state index is -4.16. The molecule has 10 heavy (non-hydrogen) atoms. The standard InChI is InChI=1S/C5H5F3NO/c6-5(7,8)3-1-4(3)9-2-10/h3-4H,1H2,(H,9,10)/t3-,4-/m1/s1. The number of rotatable bonds is 2. The highest BCUT2D eigenvalue weighted by Crippen LogP contribution is 2.44. The van der Waals surface area contributed by atoms with Gasteiger partial charge in [-0.05, 0) is 6.42 Å². The lowest BCUT2D eigenvalue weighted by molar-refractivity contribution is -0.148. The normalized spacial score (nSPS) is 31.5.